The number of aromatic nitrogens is 1. The number of benzene rings is 2. The Morgan fingerprint density at radius 3 is 2.14 bits per heavy atom. The summed E-state index contributed by atoms with van der Waals surface area (Å²) in [5.41, 5.74) is -3.64. The van der Waals surface area contributed by atoms with E-state index in [0.29, 0.717) is 30.0 Å². The van der Waals surface area contributed by atoms with Crippen LogP contribution < -0.4 is 10.9 Å². The highest BCUT2D eigenvalue weighted by molar-refractivity contribution is 5.83. The van der Waals surface area contributed by atoms with E-state index in [9.17, 15) is 37.1 Å². The van der Waals surface area contributed by atoms with Crippen molar-refractivity contribution in [2.45, 2.75) is 84.0 Å². The topological polar surface area (TPSA) is 91.6 Å². The van der Waals surface area contributed by atoms with Crippen LogP contribution in [-0.2, 0) is 21.2 Å². The molecule has 1 amide bonds. The number of rotatable bonds is 12. The third kappa shape index (κ3) is 8.50. The van der Waals surface area contributed by atoms with Gasteiger partial charge in [0.2, 0.25) is 5.91 Å². The zero-order valence-corrected chi connectivity index (χ0v) is 29.5. The number of carbonyl (C=O) groups is 2. The van der Waals surface area contributed by atoms with E-state index in [0.717, 1.165) is 29.0 Å². The number of hydrogen-bond acceptors (Lipinski definition) is 4. The van der Waals surface area contributed by atoms with Crippen molar-refractivity contribution >= 4 is 11.9 Å². The Balaban J connectivity index is 1.91. The van der Waals surface area contributed by atoms with Gasteiger partial charge in [-0.25, -0.2) is 13.2 Å². The molecule has 1 heterocycles. The lowest BCUT2D eigenvalue weighted by Gasteiger charge is -2.29. The van der Waals surface area contributed by atoms with Gasteiger partial charge < -0.3 is 19.9 Å². The maximum Gasteiger partial charge on any atom is 0.416 e. The minimum Gasteiger partial charge on any atom is -0.481 e. The maximum atomic E-state index is 16.8. The normalized spacial score (nSPS) is 15.0. The number of alkyl halides is 3. The average Bonchev–Trinajstić information content (AvgIpc) is 3.75. The van der Waals surface area contributed by atoms with Crippen LogP contribution in [0.25, 0.3) is 11.1 Å². The molecule has 1 aliphatic carbocycles. The molecule has 2 atom stereocenters. The van der Waals surface area contributed by atoms with E-state index in [1.807, 2.05) is 0 Å². The predicted octanol–water partition coefficient (Wildman–Crippen LogP) is 7.45. The second kappa shape index (κ2) is 15.0. The molecule has 0 radical (unpaired) electrons. The largest absolute Gasteiger partial charge is 0.481 e. The first-order valence-corrected chi connectivity index (χ1v) is 16.4. The zero-order valence-electron chi connectivity index (χ0n) is 29.5. The summed E-state index contributed by atoms with van der Waals surface area (Å²) in [6.07, 6.45) is -4.04. The number of pyridine rings is 1. The first-order chi connectivity index (χ1) is 23.7. The summed E-state index contributed by atoms with van der Waals surface area (Å²) in [4.78, 5) is 41.3. The van der Waals surface area contributed by atoms with Gasteiger partial charge in [-0.3, -0.25) is 14.4 Å². The molecule has 3 aromatic rings. The van der Waals surface area contributed by atoms with Crippen molar-refractivity contribution in [2.75, 3.05) is 20.6 Å². The number of hydrogen-bond donors (Lipinski definition) is 2. The van der Waals surface area contributed by atoms with Gasteiger partial charge in [-0.15, -0.1) is 5.92 Å². The van der Waals surface area contributed by atoms with Crippen LogP contribution in [0.4, 0.5) is 26.3 Å². The fourth-order valence-electron chi connectivity index (χ4n) is 6.92. The first kappa shape index (κ1) is 39.2. The van der Waals surface area contributed by atoms with E-state index < -0.39 is 76.1 Å². The van der Waals surface area contributed by atoms with E-state index in [2.05, 4.69) is 17.2 Å². The van der Waals surface area contributed by atoms with Crippen molar-refractivity contribution in [1.82, 2.24) is 14.8 Å². The summed E-state index contributed by atoms with van der Waals surface area (Å²) in [7, 11) is 3.43. The summed E-state index contributed by atoms with van der Waals surface area (Å²) in [6.45, 7) is 8.16. The van der Waals surface area contributed by atoms with Gasteiger partial charge in [0.15, 0.2) is 0 Å². The van der Waals surface area contributed by atoms with E-state index in [4.69, 9.17) is 0 Å². The fraction of sp³-hybridized carbons (Fsp3) is 0.447. The summed E-state index contributed by atoms with van der Waals surface area (Å²) in [5.74, 6) is -0.665. The van der Waals surface area contributed by atoms with Gasteiger partial charge >= 0.3 is 12.1 Å². The molecule has 1 aliphatic rings. The van der Waals surface area contributed by atoms with Crippen LogP contribution in [-0.4, -0.2) is 47.1 Å². The molecule has 0 unspecified atom stereocenters. The Morgan fingerprint density at radius 2 is 1.65 bits per heavy atom. The van der Waals surface area contributed by atoms with Crippen molar-refractivity contribution in [3.63, 3.8) is 0 Å². The molecule has 2 N–H and O–H groups in total. The molecule has 7 nitrogen and oxygen atoms in total. The number of halogens is 6. The van der Waals surface area contributed by atoms with Crippen LogP contribution >= 0.6 is 0 Å². The van der Waals surface area contributed by atoms with Crippen LogP contribution in [0.15, 0.2) is 35.3 Å². The Bertz CT molecular complexity index is 1950. The number of nitrogens with one attached hydrogen (secondary N) is 1. The molecule has 0 spiro atoms. The highest BCUT2D eigenvalue weighted by atomic mass is 19.4. The molecule has 274 valence electrons. The quantitative estimate of drug-likeness (QED) is 0.150. The number of carboxylic acids is 1. The molecule has 0 aliphatic heterocycles. The van der Waals surface area contributed by atoms with Crippen molar-refractivity contribution in [3.8, 4) is 23.0 Å². The molecule has 0 saturated heterocycles. The highest BCUT2D eigenvalue weighted by Crippen LogP contribution is 2.52. The highest BCUT2D eigenvalue weighted by Gasteiger charge is 2.50. The second-order valence-electron chi connectivity index (χ2n) is 14.0. The standard InChI is InChI=1S/C38H41F6N3O4/c1-8-9-23-15-27(40)34(35(41)33(23)32-21(4)13-24(39)14-22(32)5)28(17-31(49)50)45-36(51)29(12-20(2)3)47-18-26(37(10-11-37)19-46(6)7)25(16-30(47)48)38(42,43)44/h13-16,18,20,28-29H,10-12,17,19H2,1-7H3,(H,45,51)(H,49,50)/t28-,29-/m1/s1. The van der Waals surface area contributed by atoms with E-state index in [1.165, 1.54) is 20.8 Å². The number of carboxylic acid groups (broad SMARTS) is 1. The number of carbonyl (C=O) groups excluding carboxylic acids is 1. The molecule has 4 rings (SSSR count). The summed E-state index contributed by atoms with van der Waals surface area (Å²) in [6, 6.07) is 0.379. The number of aliphatic carboxylic acids is 1. The minimum absolute atomic E-state index is 0.0772. The van der Waals surface area contributed by atoms with Crippen molar-refractivity contribution in [2.24, 2.45) is 5.92 Å². The lowest BCUT2D eigenvalue weighted by Crippen LogP contribution is -2.41. The van der Waals surface area contributed by atoms with Crippen LogP contribution in [0, 0.1) is 49.1 Å². The second-order valence-corrected chi connectivity index (χ2v) is 14.0. The number of nitrogens with zero attached hydrogens (tertiary/aromatic N) is 2. The van der Waals surface area contributed by atoms with Crippen LogP contribution in [0.1, 0.15) is 91.9 Å². The molecule has 13 heteroatoms. The van der Waals surface area contributed by atoms with Crippen molar-refractivity contribution < 1.29 is 41.0 Å². The van der Waals surface area contributed by atoms with Crippen LogP contribution in [0.5, 0.6) is 0 Å². The third-order valence-corrected chi connectivity index (χ3v) is 9.07. The Labute approximate surface area is 292 Å². The Kier molecular flexibility index (Phi) is 11.5. The molecule has 1 aromatic heterocycles. The van der Waals surface area contributed by atoms with E-state index >= 15 is 8.78 Å². The van der Waals surface area contributed by atoms with E-state index in [-0.39, 0.29) is 41.1 Å². The van der Waals surface area contributed by atoms with E-state index in [1.54, 1.807) is 32.8 Å². The summed E-state index contributed by atoms with van der Waals surface area (Å²) >= 11 is 0. The van der Waals surface area contributed by atoms with Gasteiger partial charge in [-0.05, 0) is 100 Å². The van der Waals surface area contributed by atoms with Gasteiger partial charge in [0.05, 0.1) is 18.0 Å². The van der Waals surface area contributed by atoms with Gasteiger partial charge in [0.1, 0.15) is 23.5 Å². The maximum absolute atomic E-state index is 16.8. The van der Waals surface area contributed by atoms with Gasteiger partial charge in [-0.2, -0.15) is 13.2 Å². The number of aryl methyl sites for hydroxylation is 2. The number of likely N-dealkylation sites (N-methyl/N-ethyl adjacent to an activating group) is 1. The SMILES string of the molecule is CC#Cc1cc(F)c([C@@H](CC(=O)O)NC(=O)[C@@H](CC(C)C)n2cc(C3(CN(C)C)CC3)c(C(F)(F)F)cc2=O)c(F)c1-c1c(C)cc(F)cc1C. The predicted molar refractivity (Wildman–Crippen MR) is 181 cm³/mol. The zero-order chi connectivity index (χ0) is 38.2. The van der Waals surface area contributed by atoms with Crippen LogP contribution in [0.3, 0.4) is 0 Å². The van der Waals surface area contributed by atoms with Gasteiger partial charge in [-0.1, -0.05) is 19.8 Å². The van der Waals surface area contributed by atoms with Crippen molar-refractivity contribution in [1.29, 1.82) is 0 Å². The smallest absolute Gasteiger partial charge is 0.416 e. The third-order valence-electron chi connectivity index (χ3n) is 9.07. The molecule has 51 heavy (non-hydrogen) atoms. The molecule has 1 fully saturated rings. The van der Waals surface area contributed by atoms with Crippen molar-refractivity contribution in [3.05, 3.63) is 91.6 Å². The van der Waals surface area contributed by atoms with Crippen LogP contribution in [0.2, 0.25) is 0 Å². The summed E-state index contributed by atoms with van der Waals surface area (Å²) < 4.78 is 90.7. The minimum atomic E-state index is -4.86. The number of amides is 1. The molecular weight excluding hydrogens is 676 g/mol. The average molecular weight is 718 g/mol. The molecule has 0 bridgehead atoms. The monoisotopic (exact) mass is 717 g/mol. The first-order valence-electron chi connectivity index (χ1n) is 16.4. The van der Waals surface area contributed by atoms with Gasteiger partial charge in [0.25, 0.3) is 5.56 Å². The Hall–Kier alpha value is -4.57. The lowest BCUT2D eigenvalue weighted by atomic mass is 9.88. The molecule has 2 aromatic carbocycles. The molecular formula is C38H41F6N3O4. The Morgan fingerprint density at radius 1 is 1.04 bits per heavy atom. The molecule has 1 saturated carbocycles. The van der Waals surface area contributed by atoms with Gasteiger partial charge in [0, 0.05) is 40.9 Å². The summed E-state index contributed by atoms with van der Waals surface area (Å²) in [5, 5.41) is 12.2. The lowest BCUT2D eigenvalue weighted by molar-refractivity contribution is -0.139. The fourth-order valence-corrected chi connectivity index (χ4v) is 6.92.